The van der Waals surface area contributed by atoms with Crippen molar-refractivity contribution in [2.45, 2.75) is 48.0 Å². The molecule has 0 aliphatic carbocycles. The van der Waals surface area contributed by atoms with Crippen molar-refractivity contribution in [1.29, 1.82) is 0 Å². The zero-order valence-electron chi connectivity index (χ0n) is 20.8. The maximum atomic E-state index is 12.7. The van der Waals surface area contributed by atoms with E-state index in [0.29, 0.717) is 41.8 Å². The molecule has 0 aliphatic heterocycles. The molecule has 9 heteroatoms. The lowest BCUT2D eigenvalue weighted by molar-refractivity contribution is -0.132. The maximum Gasteiger partial charge on any atom is 0.411 e. The normalized spacial score (nSPS) is 12.4. The number of hydrogen-bond donors (Lipinski definition) is 2. The number of aliphatic hydroxyl groups excluding tert-OH is 1. The number of allylic oxidation sites excluding steroid dienone is 3. The average molecular weight is 481 g/mol. The Morgan fingerprint density at radius 3 is 2.42 bits per heavy atom. The Kier molecular flexibility index (Phi) is 14.6. The van der Waals surface area contributed by atoms with Gasteiger partial charge in [0.05, 0.1) is 23.5 Å². The van der Waals surface area contributed by atoms with Crippen LogP contribution in [0.3, 0.4) is 0 Å². The minimum atomic E-state index is -0.688. The summed E-state index contributed by atoms with van der Waals surface area (Å²) >= 11 is 6.09. The van der Waals surface area contributed by atoms with Crippen LogP contribution in [0.4, 0.5) is 4.79 Å². The molecule has 0 rings (SSSR count). The van der Waals surface area contributed by atoms with Crippen LogP contribution in [0.15, 0.2) is 39.6 Å². The van der Waals surface area contributed by atoms with Gasteiger partial charge in [-0.25, -0.2) is 9.79 Å². The van der Waals surface area contributed by atoms with Gasteiger partial charge in [-0.1, -0.05) is 37.9 Å². The number of nitrogens with zero attached hydrogens (tertiary/aromatic N) is 3. The molecular formula is C24H37ClN4O4. The van der Waals surface area contributed by atoms with Gasteiger partial charge in [0.1, 0.15) is 19.1 Å². The van der Waals surface area contributed by atoms with Crippen LogP contribution in [0.2, 0.25) is 0 Å². The predicted octanol–water partition coefficient (Wildman–Crippen LogP) is 3.84. The SMILES string of the molecule is C=C(N=C(C)N(CO)CC(=O)N(CC)CCC(C)C)/C(C)=C(/C=C(/Cl)C#CC)NC(=O)OC. The second-order valence-electron chi connectivity index (χ2n) is 7.62. The fourth-order valence-electron chi connectivity index (χ4n) is 2.59. The summed E-state index contributed by atoms with van der Waals surface area (Å²) in [4.78, 5) is 32.1. The van der Waals surface area contributed by atoms with Crippen LogP contribution in [-0.4, -0.2) is 66.2 Å². The molecule has 33 heavy (non-hydrogen) atoms. The van der Waals surface area contributed by atoms with E-state index in [9.17, 15) is 14.7 Å². The molecule has 0 unspecified atom stereocenters. The maximum absolute atomic E-state index is 12.7. The van der Waals surface area contributed by atoms with E-state index in [2.05, 4.69) is 47.3 Å². The molecule has 0 saturated carbocycles. The summed E-state index contributed by atoms with van der Waals surface area (Å²) in [6.07, 6.45) is 1.69. The van der Waals surface area contributed by atoms with E-state index in [1.807, 2.05) is 6.92 Å². The molecule has 2 amide bonds. The van der Waals surface area contributed by atoms with Crippen LogP contribution in [0.1, 0.15) is 48.0 Å². The molecule has 0 bridgehead atoms. The molecular weight excluding hydrogens is 444 g/mol. The summed E-state index contributed by atoms with van der Waals surface area (Å²) in [5.74, 6) is 6.15. The van der Waals surface area contributed by atoms with Gasteiger partial charge in [0, 0.05) is 13.1 Å². The molecule has 2 N–H and O–H groups in total. The van der Waals surface area contributed by atoms with Gasteiger partial charge in [0.2, 0.25) is 5.91 Å². The van der Waals surface area contributed by atoms with Crippen LogP contribution in [0, 0.1) is 17.8 Å². The summed E-state index contributed by atoms with van der Waals surface area (Å²) in [7, 11) is 1.24. The van der Waals surface area contributed by atoms with Crippen LogP contribution in [0.25, 0.3) is 0 Å². The van der Waals surface area contributed by atoms with Gasteiger partial charge in [-0.15, -0.1) is 5.92 Å². The topological polar surface area (TPSA) is 94.5 Å². The number of ether oxygens (including phenoxy) is 1. The molecule has 184 valence electrons. The smallest absolute Gasteiger partial charge is 0.411 e. The molecule has 0 saturated heterocycles. The van der Waals surface area contributed by atoms with Gasteiger partial charge >= 0.3 is 6.09 Å². The Morgan fingerprint density at radius 2 is 1.94 bits per heavy atom. The highest BCUT2D eigenvalue weighted by Crippen LogP contribution is 2.17. The third-order valence-corrected chi connectivity index (χ3v) is 4.94. The third-order valence-electron chi connectivity index (χ3n) is 4.74. The molecule has 0 radical (unpaired) electrons. The van der Waals surface area contributed by atoms with Crippen molar-refractivity contribution in [1.82, 2.24) is 15.1 Å². The Balaban J connectivity index is 5.75. The van der Waals surface area contributed by atoms with E-state index in [4.69, 9.17) is 11.6 Å². The first-order valence-electron chi connectivity index (χ1n) is 10.7. The number of amidine groups is 1. The second kappa shape index (κ2) is 15.9. The van der Waals surface area contributed by atoms with E-state index in [1.165, 1.54) is 18.1 Å². The van der Waals surface area contributed by atoms with Crippen LogP contribution >= 0.6 is 11.6 Å². The van der Waals surface area contributed by atoms with Gasteiger partial charge in [-0.05, 0) is 51.7 Å². The number of halogens is 1. The summed E-state index contributed by atoms with van der Waals surface area (Å²) in [6, 6.07) is 0. The number of carbonyl (C=O) groups excluding carboxylic acids is 2. The number of carbonyl (C=O) groups is 2. The first kappa shape index (κ1) is 30.2. The number of amides is 2. The summed E-state index contributed by atoms with van der Waals surface area (Å²) < 4.78 is 4.66. The van der Waals surface area contributed by atoms with Crippen LogP contribution in [-0.2, 0) is 9.53 Å². The number of methoxy groups -OCH3 is 1. The molecule has 0 fully saturated rings. The lowest BCUT2D eigenvalue weighted by Crippen LogP contribution is -2.43. The van der Waals surface area contributed by atoms with Crippen molar-refractivity contribution >= 4 is 29.4 Å². The molecule has 0 aromatic heterocycles. The highest BCUT2D eigenvalue weighted by molar-refractivity contribution is 6.32. The number of likely N-dealkylation sites (N-methyl/N-ethyl adjacent to an activating group) is 1. The number of aliphatic hydroxyl groups is 1. The van der Waals surface area contributed by atoms with Crippen molar-refractivity contribution in [3.63, 3.8) is 0 Å². The molecule has 0 spiro atoms. The number of hydrogen-bond acceptors (Lipinski definition) is 5. The van der Waals surface area contributed by atoms with E-state index in [1.54, 1.807) is 25.7 Å². The van der Waals surface area contributed by atoms with Crippen LogP contribution < -0.4 is 5.32 Å². The number of aliphatic imine (C=N–C) groups is 1. The molecule has 0 heterocycles. The van der Waals surface area contributed by atoms with Crippen molar-refractivity contribution in [3.8, 4) is 11.8 Å². The Morgan fingerprint density at radius 1 is 1.30 bits per heavy atom. The van der Waals surface area contributed by atoms with E-state index in [0.717, 1.165) is 6.42 Å². The zero-order valence-corrected chi connectivity index (χ0v) is 21.5. The first-order valence-corrected chi connectivity index (χ1v) is 11.1. The summed E-state index contributed by atoms with van der Waals surface area (Å²) in [5.41, 5.74) is 1.13. The number of alkyl carbamates (subject to hydrolysis) is 1. The Bertz CT molecular complexity index is 850. The van der Waals surface area contributed by atoms with E-state index in [-0.39, 0.29) is 24.2 Å². The van der Waals surface area contributed by atoms with Crippen LogP contribution in [0.5, 0.6) is 0 Å². The number of rotatable bonds is 11. The van der Waals surface area contributed by atoms with Gasteiger partial charge in [0.25, 0.3) is 0 Å². The van der Waals surface area contributed by atoms with Crippen molar-refractivity contribution < 1.29 is 19.4 Å². The molecule has 0 aromatic carbocycles. The second-order valence-corrected chi connectivity index (χ2v) is 8.03. The highest BCUT2D eigenvalue weighted by Gasteiger charge is 2.18. The largest absolute Gasteiger partial charge is 0.453 e. The van der Waals surface area contributed by atoms with E-state index < -0.39 is 6.09 Å². The average Bonchev–Trinajstić information content (AvgIpc) is 2.76. The van der Waals surface area contributed by atoms with Gasteiger partial charge in [-0.3, -0.25) is 10.1 Å². The molecule has 8 nitrogen and oxygen atoms in total. The van der Waals surface area contributed by atoms with Gasteiger partial charge in [-0.2, -0.15) is 0 Å². The molecule has 0 aliphatic rings. The summed E-state index contributed by atoms with van der Waals surface area (Å²) in [5, 5.41) is 12.6. The molecule has 0 atom stereocenters. The lowest BCUT2D eigenvalue weighted by atomic mass is 10.1. The van der Waals surface area contributed by atoms with Gasteiger partial charge in [0.15, 0.2) is 0 Å². The molecule has 0 aromatic rings. The standard InChI is InChI=1S/C24H37ClN4O4/c1-9-11-21(25)14-22(27-24(32)33-8)18(5)19(6)26-20(7)29(16-30)15-23(31)28(10-2)13-12-17(3)4/h14,17,30H,6,10,12-13,15-16H2,1-5,7-8H3,(H,27,32)/b21-14+,22-18-,26-20?. The highest BCUT2D eigenvalue weighted by atomic mass is 35.5. The Hall–Kier alpha value is -2.76. The third kappa shape index (κ3) is 11.6. The van der Waals surface area contributed by atoms with Crippen molar-refractivity contribution in [2.24, 2.45) is 10.9 Å². The van der Waals surface area contributed by atoms with Crippen molar-refractivity contribution in [3.05, 3.63) is 34.7 Å². The minimum Gasteiger partial charge on any atom is -0.453 e. The predicted molar refractivity (Wildman–Crippen MR) is 133 cm³/mol. The zero-order chi connectivity index (χ0) is 25.6. The van der Waals surface area contributed by atoms with Gasteiger partial charge < -0.3 is 19.6 Å². The van der Waals surface area contributed by atoms with Crippen molar-refractivity contribution in [2.75, 3.05) is 33.5 Å². The summed E-state index contributed by atoms with van der Waals surface area (Å²) in [6.45, 7) is 15.9. The fraction of sp³-hybridized carbons (Fsp3) is 0.542. The fourth-order valence-corrected chi connectivity index (χ4v) is 2.79. The first-order chi connectivity index (χ1) is 15.5. The number of nitrogens with one attached hydrogen (secondary N) is 1. The Labute approximate surface area is 203 Å². The quantitative estimate of drug-likeness (QED) is 0.154. The lowest BCUT2D eigenvalue weighted by Gasteiger charge is -2.27. The van der Waals surface area contributed by atoms with E-state index >= 15 is 0 Å². The minimum absolute atomic E-state index is 0.0150. The monoisotopic (exact) mass is 480 g/mol.